The van der Waals surface area contributed by atoms with Crippen LogP contribution in [0, 0.1) is 23.7 Å². The van der Waals surface area contributed by atoms with E-state index in [1.807, 2.05) is 0 Å². The Morgan fingerprint density at radius 3 is 2.14 bits per heavy atom. The summed E-state index contributed by atoms with van der Waals surface area (Å²) in [6.07, 6.45) is 7.73. The van der Waals surface area contributed by atoms with Gasteiger partial charge in [0, 0.05) is 0 Å². The van der Waals surface area contributed by atoms with Gasteiger partial charge in [-0.15, -0.1) is 0 Å². The molecule has 0 saturated heterocycles. The molecule has 0 aromatic heterocycles. The van der Waals surface area contributed by atoms with Gasteiger partial charge in [0.1, 0.15) is 0 Å². The van der Waals surface area contributed by atoms with Crippen LogP contribution in [-0.2, 0) is 0 Å². The van der Waals surface area contributed by atoms with Gasteiger partial charge in [0.25, 0.3) is 0 Å². The highest BCUT2D eigenvalue weighted by atomic mass is 16.3. The minimum absolute atomic E-state index is 0.00713. The molecule has 3 atom stereocenters. The van der Waals surface area contributed by atoms with E-state index in [1.54, 1.807) is 0 Å². The summed E-state index contributed by atoms with van der Waals surface area (Å²) in [5.41, 5.74) is 0. The van der Waals surface area contributed by atoms with Crippen molar-refractivity contribution in [3.8, 4) is 0 Å². The number of hydrogen-bond donors (Lipinski definition) is 1. The van der Waals surface area contributed by atoms with E-state index in [0.29, 0.717) is 5.92 Å². The van der Waals surface area contributed by atoms with Gasteiger partial charge >= 0.3 is 0 Å². The molecule has 1 heteroatoms. The molecule has 2 fully saturated rings. The van der Waals surface area contributed by atoms with Gasteiger partial charge in [-0.3, -0.25) is 0 Å². The van der Waals surface area contributed by atoms with Crippen LogP contribution in [-0.4, -0.2) is 11.2 Å². The summed E-state index contributed by atoms with van der Waals surface area (Å²) in [7, 11) is 0. The fraction of sp³-hybridized carbons (Fsp3) is 1.00. The summed E-state index contributed by atoms with van der Waals surface area (Å²) >= 11 is 0. The van der Waals surface area contributed by atoms with Crippen LogP contribution in [0.5, 0.6) is 0 Å². The van der Waals surface area contributed by atoms with Crippen molar-refractivity contribution < 1.29 is 5.11 Å². The van der Waals surface area contributed by atoms with Crippen LogP contribution < -0.4 is 0 Å². The smallest absolute Gasteiger partial charge is 0.0571 e. The van der Waals surface area contributed by atoms with Gasteiger partial charge in [-0.1, -0.05) is 26.7 Å². The minimum Gasteiger partial charge on any atom is -0.393 e. The lowest BCUT2D eigenvalue weighted by atomic mass is 9.74. The zero-order chi connectivity index (χ0) is 10.1. The van der Waals surface area contributed by atoms with Crippen LogP contribution in [0.25, 0.3) is 0 Å². The number of aliphatic hydroxyl groups excluding tert-OH is 1. The Bertz CT molecular complexity index is 176. The predicted octanol–water partition coefficient (Wildman–Crippen LogP) is 3.22. The Labute approximate surface area is 87.9 Å². The van der Waals surface area contributed by atoms with Crippen LogP contribution in [0.2, 0.25) is 0 Å². The van der Waals surface area contributed by atoms with E-state index in [4.69, 9.17) is 0 Å². The number of aliphatic hydroxyl groups is 1. The maximum Gasteiger partial charge on any atom is 0.0571 e. The summed E-state index contributed by atoms with van der Waals surface area (Å²) in [4.78, 5) is 0. The lowest BCUT2D eigenvalue weighted by Gasteiger charge is -2.34. The largest absolute Gasteiger partial charge is 0.393 e. The highest BCUT2D eigenvalue weighted by molar-refractivity contribution is 4.84. The molecule has 0 amide bonds. The summed E-state index contributed by atoms with van der Waals surface area (Å²) < 4.78 is 0. The third-order valence-corrected chi connectivity index (χ3v) is 4.03. The zero-order valence-electron chi connectivity index (χ0n) is 9.58. The second kappa shape index (κ2) is 4.22. The molecular formula is C13H24O. The van der Waals surface area contributed by atoms with Crippen LogP contribution in [0.3, 0.4) is 0 Å². The van der Waals surface area contributed by atoms with E-state index in [-0.39, 0.29) is 6.10 Å². The average Bonchev–Trinajstić information content (AvgIpc) is 2.86. The fourth-order valence-electron chi connectivity index (χ4n) is 3.21. The minimum atomic E-state index is 0.00713. The van der Waals surface area contributed by atoms with E-state index in [2.05, 4.69) is 13.8 Å². The van der Waals surface area contributed by atoms with E-state index >= 15 is 0 Å². The first-order chi connectivity index (χ1) is 6.65. The molecule has 2 rings (SSSR count). The normalized spacial score (nSPS) is 40.9. The first-order valence-corrected chi connectivity index (χ1v) is 6.33. The highest BCUT2D eigenvalue weighted by Crippen LogP contribution is 2.40. The Morgan fingerprint density at radius 1 is 1.07 bits per heavy atom. The molecule has 82 valence electrons. The topological polar surface area (TPSA) is 20.2 Å². The van der Waals surface area contributed by atoms with Gasteiger partial charge in [-0.25, -0.2) is 0 Å². The molecule has 2 saturated carbocycles. The van der Waals surface area contributed by atoms with Gasteiger partial charge in [0.15, 0.2) is 0 Å². The Hall–Kier alpha value is -0.0400. The van der Waals surface area contributed by atoms with Crippen molar-refractivity contribution in [3.63, 3.8) is 0 Å². The lowest BCUT2D eigenvalue weighted by Crippen LogP contribution is -2.29. The Kier molecular flexibility index (Phi) is 3.16. The molecule has 1 nitrogen and oxygen atoms in total. The van der Waals surface area contributed by atoms with Gasteiger partial charge in [-0.2, -0.15) is 0 Å². The third-order valence-electron chi connectivity index (χ3n) is 4.03. The van der Waals surface area contributed by atoms with Crippen LogP contribution in [0.15, 0.2) is 0 Å². The second-order valence-corrected chi connectivity index (χ2v) is 5.92. The predicted molar refractivity (Wildman–Crippen MR) is 59.0 cm³/mol. The Morgan fingerprint density at radius 2 is 1.64 bits per heavy atom. The quantitative estimate of drug-likeness (QED) is 0.735. The molecule has 0 bridgehead atoms. The van der Waals surface area contributed by atoms with E-state index in [1.165, 1.54) is 32.1 Å². The van der Waals surface area contributed by atoms with Gasteiger partial charge in [-0.05, 0) is 49.4 Å². The first kappa shape index (κ1) is 10.5. The summed E-state index contributed by atoms with van der Waals surface area (Å²) in [5, 5.41) is 10.1. The molecule has 14 heavy (non-hydrogen) atoms. The van der Waals surface area contributed by atoms with Crippen molar-refractivity contribution in [2.45, 2.75) is 58.5 Å². The molecule has 2 aliphatic rings. The lowest BCUT2D eigenvalue weighted by molar-refractivity contribution is 0.0459. The molecule has 3 unspecified atom stereocenters. The van der Waals surface area contributed by atoms with Crippen molar-refractivity contribution in [2.75, 3.05) is 0 Å². The molecule has 0 aromatic rings. The second-order valence-electron chi connectivity index (χ2n) is 5.92. The first-order valence-electron chi connectivity index (χ1n) is 6.33. The maximum absolute atomic E-state index is 10.1. The third kappa shape index (κ3) is 2.73. The standard InChI is InChI=1S/C13H24O/c1-9-5-10(2)7-12(6-9)13(14)8-11-3-4-11/h9-14H,3-8H2,1-2H3. The number of rotatable bonds is 3. The SMILES string of the molecule is CC1CC(C)CC(C(O)CC2CC2)C1. The van der Waals surface area contributed by atoms with Crippen LogP contribution in [0.1, 0.15) is 52.4 Å². The maximum atomic E-state index is 10.1. The molecular weight excluding hydrogens is 172 g/mol. The Balaban J connectivity index is 1.81. The van der Waals surface area contributed by atoms with Crippen LogP contribution in [0.4, 0.5) is 0 Å². The average molecular weight is 196 g/mol. The highest BCUT2D eigenvalue weighted by Gasteiger charge is 2.32. The molecule has 1 N–H and O–H groups in total. The molecule has 0 spiro atoms. The zero-order valence-corrected chi connectivity index (χ0v) is 9.58. The molecule has 0 aliphatic heterocycles. The summed E-state index contributed by atoms with van der Waals surface area (Å²) in [6.45, 7) is 4.68. The van der Waals surface area contributed by atoms with Gasteiger partial charge in [0.2, 0.25) is 0 Å². The van der Waals surface area contributed by atoms with Crippen molar-refractivity contribution >= 4 is 0 Å². The fourth-order valence-corrected chi connectivity index (χ4v) is 3.21. The van der Waals surface area contributed by atoms with E-state index in [9.17, 15) is 5.11 Å². The van der Waals surface area contributed by atoms with Gasteiger partial charge < -0.3 is 5.11 Å². The molecule has 0 aromatic carbocycles. The summed E-state index contributed by atoms with van der Waals surface area (Å²) in [5.74, 6) is 3.14. The molecule has 0 heterocycles. The number of hydrogen-bond acceptors (Lipinski definition) is 1. The molecule has 2 aliphatic carbocycles. The van der Waals surface area contributed by atoms with Crippen molar-refractivity contribution in [1.29, 1.82) is 0 Å². The van der Waals surface area contributed by atoms with Gasteiger partial charge in [0.05, 0.1) is 6.10 Å². The van der Waals surface area contributed by atoms with E-state index in [0.717, 1.165) is 24.2 Å². The van der Waals surface area contributed by atoms with Crippen molar-refractivity contribution in [3.05, 3.63) is 0 Å². The van der Waals surface area contributed by atoms with Crippen molar-refractivity contribution in [1.82, 2.24) is 0 Å². The van der Waals surface area contributed by atoms with E-state index < -0.39 is 0 Å². The molecule has 0 radical (unpaired) electrons. The summed E-state index contributed by atoms with van der Waals surface area (Å²) in [6, 6.07) is 0. The van der Waals surface area contributed by atoms with Crippen molar-refractivity contribution in [2.24, 2.45) is 23.7 Å². The van der Waals surface area contributed by atoms with Crippen LogP contribution >= 0.6 is 0 Å². The monoisotopic (exact) mass is 196 g/mol.